The molecular formula is C16H26O4Si. The zero-order valence-electron chi connectivity index (χ0n) is 13.6. The molecular weight excluding hydrogens is 284 g/mol. The van der Waals surface area contributed by atoms with Gasteiger partial charge in [-0.1, -0.05) is 26.8 Å². The van der Waals surface area contributed by atoms with E-state index in [-0.39, 0.29) is 11.8 Å². The maximum atomic E-state index is 10.2. The van der Waals surface area contributed by atoms with Crippen LogP contribution in [0.15, 0.2) is 18.2 Å². The van der Waals surface area contributed by atoms with E-state index >= 15 is 0 Å². The molecule has 0 amide bonds. The first-order valence-electron chi connectivity index (χ1n) is 7.39. The van der Waals surface area contributed by atoms with Gasteiger partial charge >= 0.3 is 0 Å². The molecule has 1 aliphatic heterocycles. The molecule has 4 nitrogen and oxygen atoms in total. The van der Waals surface area contributed by atoms with E-state index in [0.29, 0.717) is 13.0 Å². The van der Waals surface area contributed by atoms with Crippen molar-refractivity contribution >= 4 is 8.32 Å². The molecule has 1 N–H and O–H groups in total. The Balaban J connectivity index is 1.89. The van der Waals surface area contributed by atoms with Crippen LogP contribution in [-0.2, 0) is 10.8 Å². The Morgan fingerprint density at radius 1 is 1.24 bits per heavy atom. The summed E-state index contributed by atoms with van der Waals surface area (Å²) in [6.45, 7) is 11.6. The van der Waals surface area contributed by atoms with Crippen molar-refractivity contribution < 1.29 is 19.0 Å². The number of rotatable bonds is 5. The maximum Gasteiger partial charge on any atom is 0.231 e. The van der Waals surface area contributed by atoms with Gasteiger partial charge < -0.3 is 19.0 Å². The van der Waals surface area contributed by atoms with Gasteiger partial charge in [-0.2, -0.15) is 0 Å². The summed E-state index contributed by atoms with van der Waals surface area (Å²) in [7, 11) is -1.81. The van der Waals surface area contributed by atoms with Crippen molar-refractivity contribution in [2.24, 2.45) is 0 Å². The summed E-state index contributed by atoms with van der Waals surface area (Å²) in [5.41, 5.74) is 1.03. The molecule has 0 saturated heterocycles. The quantitative estimate of drug-likeness (QED) is 0.847. The predicted octanol–water partition coefficient (Wildman–Crippen LogP) is 3.34. The highest BCUT2D eigenvalue weighted by atomic mass is 28.4. The van der Waals surface area contributed by atoms with Crippen molar-refractivity contribution in [1.82, 2.24) is 0 Å². The van der Waals surface area contributed by atoms with Gasteiger partial charge in [0, 0.05) is 6.42 Å². The average Bonchev–Trinajstić information content (AvgIpc) is 2.82. The van der Waals surface area contributed by atoms with E-state index in [2.05, 4.69) is 33.9 Å². The topological polar surface area (TPSA) is 47.9 Å². The van der Waals surface area contributed by atoms with Crippen LogP contribution in [0.4, 0.5) is 0 Å². The monoisotopic (exact) mass is 310 g/mol. The first-order valence-corrected chi connectivity index (χ1v) is 10.3. The molecule has 1 atom stereocenters. The van der Waals surface area contributed by atoms with Crippen LogP contribution in [-0.4, -0.2) is 32.9 Å². The summed E-state index contributed by atoms with van der Waals surface area (Å²) in [6.07, 6.45) is 0.0603. The summed E-state index contributed by atoms with van der Waals surface area (Å²) >= 11 is 0. The Labute approximate surface area is 128 Å². The number of hydrogen-bond donors (Lipinski definition) is 1. The molecule has 0 fully saturated rings. The molecule has 0 unspecified atom stereocenters. The fraction of sp³-hybridized carbons (Fsp3) is 0.625. The Morgan fingerprint density at radius 2 is 1.90 bits per heavy atom. The minimum absolute atomic E-state index is 0.158. The molecule has 5 heteroatoms. The van der Waals surface area contributed by atoms with E-state index in [4.69, 9.17) is 13.9 Å². The molecule has 1 aliphatic rings. The third kappa shape index (κ3) is 3.99. The second-order valence-electron chi connectivity index (χ2n) is 7.12. The molecule has 0 spiro atoms. The molecule has 21 heavy (non-hydrogen) atoms. The smallest absolute Gasteiger partial charge is 0.231 e. The van der Waals surface area contributed by atoms with E-state index in [0.717, 1.165) is 17.1 Å². The maximum absolute atomic E-state index is 10.2. The van der Waals surface area contributed by atoms with Crippen LogP contribution in [0, 0.1) is 0 Å². The van der Waals surface area contributed by atoms with Gasteiger partial charge in [-0.3, -0.25) is 0 Å². The van der Waals surface area contributed by atoms with Crippen LogP contribution in [0.2, 0.25) is 18.1 Å². The summed E-state index contributed by atoms with van der Waals surface area (Å²) in [6, 6.07) is 5.78. The van der Waals surface area contributed by atoms with Gasteiger partial charge in [0.1, 0.15) is 0 Å². The molecule has 1 aromatic carbocycles. The third-order valence-electron chi connectivity index (χ3n) is 4.35. The molecule has 0 radical (unpaired) electrons. The Morgan fingerprint density at radius 3 is 2.57 bits per heavy atom. The lowest BCUT2D eigenvalue weighted by Gasteiger charge is -2.36. The van der Waals surface area contributed by atoms with E-state index < -0.39 is 14.4 Å². The fourth-order valence-corrected chi connectivity index (χ4v) is 2.96. The van der Waals surface area contributed by atoms with Gasteiger partial charge in [-0.25, -0.2) is 0 Å². The highest BCUT2D eigenvalue weighted by molar-refractivity contribution is 6.74. The van der Waals surface area contributed by atoms with Crippen LogP contribution < -0.4 is 9.47 Å². The fourth-order valence-electron chi connectivity index (χ4n) is 1.92. The van der Waals surface area contributed by atoms with Gasteiger partial charge in [-0.05, 0) is 35.8 Å². The minimum Gasteiger partial charge on any atom is -0.454 e. The zero-order valence-corrected chi connectivity index (χ0v) is 14.6. The third-order valence-corrected chi connectivity index (χ3v) is 8.85. The van der Waals surface area contributed by atoms with E-state index in [9.17, 15) is 5.11 Å². The number of fused-ring (bicyclic) bond motifs is 1. The highest BCUT2D eigenvalue weighted by Crippen LogP contribution is 2.37. The van der Waals surface area contributed by atoms with E-state index in [1.54, 1.807) is 0 Å². The van der Waals surface area contributed by atoms with Crippen LogP contribution in [0.1, 0.15) is 26.3 Å². The number of benzene rings is 1. The number of aliphatic hydroxyl groups is 1. The standard InChI is InChI=1S/C16H26O4Si/c1-16(2,3)21(4,5)20-10-13(17)8-12-6-7-14-15(9-12)19-11-18-14/h6-7,9,13,17H,8,10-11H2,1-5H3/t13-/m1/s1. The van der Waals surface area contributed by atoms with Crippen LogP contribution in [0.25, 0.3) is 0 Å². The Bertz CT molecular complexity index is 494. The van der Waals surface area contributed by atoms with Gasteiger partial charge in [0.2, 0.25) is 6.79 Å². The van der Waals surface area contributed by atoms with Crippen molar-refractivity contribution in [3.8, 4) is 11.5 Å². The van der Waals surface area contributed by atoms with Crippen molar-refractivity contribution in [2.45, 2.75) is 51.4 Å². The summed E-state index contributed by atoms with van der Waals surface area (Å²) in [5.74, 6) is 1.52. The number of ether oxygens (including phenoxy) is 2. The Hall–Kier alpha value is -1.04. The summed E-state index contributed by atoms with van der Waals surface area (Å²) < 4.78 is 16.7. The van der Waals surface area contributed by atoms with Gasteiger partial charge in [0.25, 0.3) is 0 Å². The van der Waals surface area contributed by atoms with Crippen molar-refractivity contribution in [2.75, 3.05) is 13.4 Å². The van der Waals surface area contributed by atoms with Crippen LogP contribution in [0.3, 0.4) is 0 Å². The highest BCUT2D eigenvalue weighted by Gasteiger charge is 2.37. The van der Waals surface area contributed by atoms with Crippen molar-refractivity contribution in [1.29, 1.82) is 0 Å². The molecule has 0 aliphatic carbocycles. The predicted molar refractivity (Wildman–Crippen MR) is 85.4 cm³/mol. The first-order chi connectivity index (χ1) is 9.69. The van der Waals surface area contributed by atoms with Crippen molar-refractivity contribution in [3.63, 3.8) is 0 Å². The van der Waals surface area contributed by atoms with Gasteiger partial charge in [-0.15, -0.1) is 0 Å². The largest absolute Gasteiger partial charge is 0.454 e. The molecule has 0 bridgehead atoms. The van der Waals surface area contributed by atoms with E-state index in [1.807, 2.05) is 18.2 Å². The summed E-state index contributed by atoms with van der Waals surface area (Å²) in [4.78, 5) is 0. The van der Waals surface area contributed by atoms with Gasteiger partial charge in [0.15, 0.2) is 19.8 Å². The Kier molecular flexibility index (Phi) is 4.65. The number of aliphatic hydroxyl groups excluding tert-OH is 1. The van der Waals surface area contributed by atoms with Crippen molar-refractivity contribution in [3.05, 3.63) is 23.8 Å². The molecule has 0 aromatic heterocycles. The molecule has 0 saturated carbocycles. The molecule has 1 heterocycles. The average molecular weight is 310 g/mol. The van der Waals surface area contributed by atoms with E-state index in [1.165, 1.54) is 0 Å². The second kappa shape index (κ2) is 5.99. The first kappa shape index (κ1) is 16.3. The second-order valence-corrected chi connectivity index (χ2v) is 11.9. The van der Waals surface area contributed by atoms with Crippen LogP contribution in [0.5, 0.6) is 11.5 Å². The normalized spacial score (nSPS) is 16.1. The number of hydrogen-bond acceptors (Lipinski definition) is 4. The minimum atomic E-state index is -1.81. The molecule has 1 aromatic rings. The van der Waals surface area contributed by atoms with Crippen LogP contribution >= 0.6 is 0 Å². The lowest BCUT2D eigenvalue weighted by Crippen LogP contribution is -2.42. The zero-order chi connectivity index (χ0) is 15.7. The lowest BCUT2D eigenvalue weighted by atomic mass is 10.1. The summed E-state index contributed by atoms with van der Waals surface area (Å²) in [5, 5.41) is 10.4. The SMILES string of the molecule is CC(C)(C)[Si](C)(C)OC[C@H](O)Cc1ccc2c(c1)OCO2. The van der Waals surface area contributed by atoms with Gasteiger partial charge in [0.05, 0.1) is 12.7 Å². The lowest BCUT2D eigenvalue weighted by molar-refractivity contribution is 0.100. The molecule has 118 valence electrons. The molecule has 2 rings (SSSR count).